The van der Waals surface area contributed by atoms with Crippen molar-refractivity contribution in [3.05, 3.63) is 63.7 Å². The second kappa shape index (κ2) is 5.59. The van der Waals surface area contributed by atoms with Gasteiger partial charge in [0, 0.05) is 18.2 Å². The Balaban J connectivity index is 1.56. The van der Waals surface area contributed by atoms with Crippen molar-refractivity contribution < 1.29 is 4.79 Å². The first kappa shape index (κ1) is 14.6. The Labute approximate surface area is 137 Å². The number of carbonyl (C=O) groups excluding carboxylic acids is 1. The van der Waals surface area contributed by atoms with E-state index in [0.29, 0.717) is 12.4 Å². The predicted molar refractivity (Wildman–Crippen MR) is 87.9 cm³/mol. The number of aromatic nitrogens is 4. The number of amides is 1. The summed E-state index contributed by atoms with van der Waals surface area (Å²) in [6.07, 6.45) is 3.93. The van der Waals surface area contributed by atoms with Crippen LogP contribution in [-0.4, -0.2) is 25.3 Å². The molecule has 4 rings (SSSR count). The first-order chi connectivity index (χ1) is 11.6. The average Bonchev–Trinajstić information content (AvgIpc) is 3.36. The van der Waals surface area contributed by atoms with Gasteiger partial charge in [0.2, 0.25) is 0 Å². The smallest absolute Gasteiger partial charge is 0.270 e. The summed E-state index contributed by atoms with van der Waals surface area (Å²) in [5.41, 5.74) is 2.48. The van der Waals surface area contributed by atoms with Crippen molar-refractivity contribution in [1.82, 2.24) is 24.7 Å². The number of hydrogen-bond donors (Lipinski definition) is 2. The zero-order valence-electron chi connectivity index (χ0n) is 13.2. The molecule has 0 aromatic carbocycles. The number of carbonyl (C=O) groups is 1. The lowest BCUT2D eigenvalue weighted by Crippen LogP contribution is -2.27. The van der Waals surface area contributed by atoms with E-state index < -0.39 is 0 Å². The quantitative estimate of drug-likeness (QED) is 0.761. The lowest BCUT2D eigenvalue weighted by Gasteiger charge is -2.07. The molecule has 0 saturated heterocycles. The normalized spacial score (nSPS) is 14.0. The first-order valence-electron chi connectivity index (χ1n) is 7.94. The molecule has 3 aromatic rings. The van der Waals surface area contributed by atoms with Crippen LogP contribution >= 0.6 is 0 Å². The van der Waals surface area contributed by atoms with Crippen LogP contribution in [0.1, 0.15) is 46.5 Å². The van der Waals surface area contributed by atoms with Crippen LogP contribution in [-0.2, 0) is 6.54 Å². The molecule has 3 aromatic heterocycles. The lowest BCUT2D eigenvalue weighted by atomic mass is 10.3. The van der Waals surface area contributed by atoms with E-state index in [4.69, 9.17) is 0 Å². The molecule has 1 amide bonds. The molecule has 0 aliphatic heterocycles. The molecule has 0 atom stereocenters. The maximum Gasteiger partial charge on any atom is 0.270 e. The zero-order chi connectivity index (χ0) is 16.7. The van der Waals surface area contributed by atoms with Gasteiger partial charge in [-0.25, -0.2) is 9.97 Å². The van der Waals surface area contributed by atoms with Crippen LogP contribution in [0, 0.1) is 6.92 Å². The van der Waals surface area contributed by atoms with Gasteiger partial charge in [0.05, 0.1) is 17.9 Å². The topological polar surface area (TPSA) is 92.1 Å². The number of H-pyrrole nitrogens is 1. The van der Waals surface area contributed by atoms with Crippen molar-refractivity contribution in [2.45, 2.75) is 32.2 Å². The molecule has 1 fully saturated rings. The van der Waals surface area contributed by atoms with E-state index in [1.807, 2.05) is 35.7 Å². The van der Waals surface area contributed by atoms with Gasteiger partial charge in [0.25, 0.3) is 11.5 Å². The Bertz CT molecular complexity index is 984. The van der Waals surface area contributed by atoms with Crippen LogP contribution in [0.3, 0.4) is 0 Å². The molecule has 0 spiro atoms. The maximum absolute atomic E-state index is 12.4. The molecular weight excluding hydrogens is 306 g/mol. The fraction of sp³-hybridized carbons (Fsp3) is 0.294. The summed E-state index contributed by atoms with van der Waals surface area (Å²) in [6, 6.07) is 6.99. The van der Waals surface area contributed by atoms with E-state index in [9.17, 15) is 9.59 Å². The number of aromatic amines is 1. The predicted octanol–water partition coefficient (Wildman–Crippen LogP) is 1.53. The van der Waals surface area contributed by atoms with Crippen LogP contribution < -0.4 is 10.9 Å². The molecule has 24 heavy (non-hydrogen) atoms. The third-order valence-corrected chi connectivity index (χ3v) is 4.20. The van der Waals surface area contributed by atoms with E-state index in [1.54, 1.807) is 0 Å². The first-order valence-corrected chi connectivity index (χ1v) is 7.94. The Morgan fingerprint density at radius 1 is 1.38 bits per heavy atom. The second-order valence-corrected chi connectivity index (χ2v) is 6.05. The molecule has 2 N–H and O–H groups in total. The Kier molecular flexibility index (Phi) is 3.41. The lowest BCUT2D eigenvalue weighted by molar-refractivity contribution is 0.0944. The molecule has 7 nitrogen and oxygen atoms in total. The van der Waals surface area contributed by atoms with Crippen molar-refractivity contribution in [1.29, 1.82) is 0 Å². The molecule has 7 heteroatoms. The maximum atomic E-state index is 12.4. The van der Waals surface area contributed by atoms with Gasteiger partial charge in [0.1, 0.15) is 17.2 Å². The molecule has 1 aliphatic rings. The summed E-state index contributed by atoms with van der Waals surface area (Å²) in [6.45, 7) is 2.23. The standard InChI is InChI=1S/C17H17N5O2/c1-10-13(22-7-3-2-4-14(22)19-10)9-18-17(24)12-8-15(23)21-16(20-12)11-5-6-11/h2-4,7-8,11H,5-6,9H2,1H3,(H,18,24)(H,20,21,23). The number of fused-ring (bicyclic) bond motifs is 1. The van der Waals surface area contributed by atoms with Crippen molar-refractivity contribution in [3.8, 4) is 0 Å². The molecule has 1 aliphatic carbocycles. The summed E-state index contributed by atoms with van der Waals surface area (Å²) < 4.78 is 1.94. The zero-order valence-corrected chi connectivity index (χ0v) is 13.2. The number of hydrogen-bond acceptors (Lipinski definition) is 4. The summed E-state index contributed by atoms with van der Waals surface area (Å²) in [7, 11) is 0. The van der Waals surface area contributed by atoms with Gasteiger partial charge < -0.3 is 14.7 Å². The number of nitrogens with zero attached hydrogens (tertiary/aromatic N) is 3. The molecule has 3 heterocycles. The van der Waals surface area contributed by atoms with E-state index in [0.717, 1.165) is 29.9 Å². The minimum Gasteiger partial charge on any atom is -0.345 e. The minimum atomic E-state index is -0.353. The van der Waals surface area contributed by atoms with Crippen LogP contribution in [0.2, 0.25) is 0 Å². The second-order valence-electron chi connectivity index (χ2n) is 6.05. The average molecular weight is 323 g/mol. The SMILES string of the molecule is Cc1nc2ccccn2c1CNC(=O)c1cc(=O)[nH]c(C2CC2)n1. The fourth-order valence-corrected chi connectivity index (χ4v) is 2.77. The van der Waals surface area contributed by atoms with Gasteiger partial charge in [-0.05, 0) is 31.9 Å². The minimum absolute atomic E-state index is 0.159. The molecule has 1 saturated carbocycles. The largest absolute Gasteiger partial charge is 0.345 e. The highest BCUT2D eigenvalue weighted by atomic mass is 16.2. The monoisotopic (exact) mass is 323 g/mol. The highest BCUT2D eigenvalue weighted by Gasteiger charge is 2.27. The molecule has 0 unspecified atom stereocenters. The summed E-state index contributed by atoms with van der Waals surface area (Å²) >= 11 is 0. The van der Waals surface area contributed by atoms with Crippen molar-refractivity contribution in [2.24, 2.45) is 0 Å². The number of aryl methyl sites for hydroxylation is 1. The third-order valence-electron chi connectivity index (χ3n) is 4.20. The van der Waals surface area contributed by atoms with Crippen LogP contribution in [0.5, 0.6) is 0 Å². The molecule has 122 valence electrons. The third kappa shape index (κ3) is 2.68. The van der Waals surface area contributed by atoms with Gasteiger partial charge in [-0.1, -0.05) is 6.07 Å². The summed E-state index contributed by atoms with van der Waals surface area (Å²) in [5.74, 6) is 0.540. The van der Waals surface area contributed by atoms with E-state index in [-0.39, 0.29) is 23.1 Å². The molecule has 0 radical (unpaired) electrons. The van der Waals surface area contributed by atoms with Gasteiger partial charge >= 0.3 is 0 Å². The highest BCUT2D eigenvalue weighted by Crippen LogP contribution is 2.37. The summed E-state index contributed by atoms with van der Waals surface area (Å²) in [5, 5.41) is 2.83. The van der Waals surface area contributed by atoms with E-state index >= 15 is 0 Å². The van der Waals surface area contributed by atoms with Gasteiger partial charge in [-0.2, -0.15) is 0 Å². The van der Waals surface area contributed by atoms with Crippen LogP contribution in [0.25, 0.3) is 5.65 Å². The van der Waals surface area contributed by atoms with Crippen molar-refractivity contribution >= 4 is 11.6 Å². The number of rotatable bonds is 4. The number of nitrogens with one attached hydrogen (secondary N) is 2. The van der Waals surface area contributed by atoms with Gasteiger partial charge in [-0.3, -0.25) is 9.59 Å². The Morgan fingerprint density at radius 2 is 2.21 bits per heavy atom. The number of pyridine rings is 1. The molecule has 0 bridgehead atoms. The van der Waals surface area contributed by atoms with E-state index in [2.05, 4.69) is 20.3 Å². The fourth-order valence-electron chi connectivity index (χ4n) is 2.77. The van der Waals surface area contributed by atoms with Crippen LogP contribution in [0.15, 0.2) is 35.3 Å². The van der Waals surface area contributed by atoms with Gasteiger partial charge in [0.15, 0.2) is 0 Å². The van der Waals surface area contributed by atoms with E-state index in [1.165, 1.54) is 6.07 Å². The highest BCUT2D eigenvalue weighted by molar-refractivity contribution is 5.92. The Morgan fingerprint density at radius 3 is 3.00 bits per heavy atom. The number of imidazole rings is 1. The van der Waals surface area contributed by atoms with Crippen molar-refractivity contribution in [2.75, 3.05) is 0 Å². The Hall–Kier alpha value is -2.96. The van der Waals surface area contributed by atoms with Crippen LogP contribution in [0.4, 0.5) is 0 Å². The van der Waals surface area contributed by atoms with Gasteiger partial charge in [-0.15, -0.1) is 0 Å². The van der Waals surface area contributed by atoms with Crippen molar-refractivity contribution in [3.63, 3.8) is 0 Å². The molecular formula is C17H17N5O2. The summed E-state index contributed by atoms with van der Waals surface area (Å²) in [4.78, 5) is 35.6.